The van der Waals surface area contributed by atoms with E-state index in [1.54, 1.807) is 0 Å². The zero-order valence-electron chi connectivity index (χ0n) is 16.5. The smallest absolute Gasteiger partial charge is 0.315 e. The topological polar surface area (TPSA) is 90.8 Å². The summed E-state index contributed by atoms with van der Waals surface area (Å²) in [5.41, 5.74) is 0. The predicted molar refractivity (Wildman–Crippen MR) is 105 cm³/mol. The third-order valence-electron chi connectivity index (χ3n) is 4.77. The normalized spacial score (nSPS) is 19.9. The van der Waals surface area contributed by atoms with Crippen molar-refractivity contribution < 1.29 is 18.9 Å². The fraction of sp³-hybridized carbons (Fsp3) is 1.00. The number of unbranched alkanes of at least 4 members (excludes halogenated alkanes) is 9. The molecule has 1 aliphatic rings. The molecular weight excluding hydrogens is 339 g/mol. The highest BCUT2D eigenvalue weighted by Crippen LogP contribution is 2.35. The van der Waals surface area contributed by atoms with E-state index in [9.17, 15) is 4.57 Å². The Labute approximate surface area is 154 Å². The van der Waals surface area contributed by atoms with Gasteiger partial charge < -0.3 is 20.4 Å². The first-order chi connectivity index (χ1) is 11.9. The van der Waals surface area contributed by atoms with Gasteiger partial charge in [0.15, 0.2) is 0 Å². The first-order valence-electron chi connectivity index (χ1n) is 9.99. The third-order valence-corrected chi connectivity index (χ3v) is 5.29. The van der Waals surface area contributed by atoms with Crippen LogP contribution in [0.15, 0.2) is 0 Å². The van der Waals surface area contributed by atoms with Crippen LogP contribution in [0.1, 0.15) is 84.0 Å². The molecule has 1 saturated carbocycles. The molecule has 152 valence electrons. The first-order valence-corrected chi connectivity index (χ1v) is 11.5. The number of phosphoric ester groups is 1. The molecule has 0 aromatic carbocycles. The van der Waals surface area contributed by atoms with Gasteiger partial charge in [0.25, 0.3) is 0 Å². The van der Waals surface area contributed by atoms with Crippen molar-refractivity contribution in [3.05, 3.63) is 0 Å². The van der Waals surface area contributed by atoms with E-state index in [4.69, 9.17) is 9.79 Å². The van der Waals surface area contributed by atoms with Crippen LogP contribution in [0.2, 0.25) is 0 Å². The van der Waals surface area contributed by atoms with Crippen molar-refractivity contribution in [2.24, 2.45) is 0 Å². The zero-order valence-corrected chi connectivity index (χ0v) is 17.4. The molecule has 0 spiro atoms. The standard InChI is InChI=1S/C12H27O4P.C6H14N2/c1-2-3-4-5-6-7-8-9-10-11-12-16-17(13,14)15;1-7-5-3-4-6(5)8-2/h2-12H2,1H3,(H2,13,14,15);5-8H,3-4H2,1-2H3. The molecule has 1 fully saturated rings. The van der Waals surface area contributed by atoms with Gasteiger partial charge in [-0.05, 0) is 33.4 Å². The van der Waals surface area contributed by atoms with Crippen molar-refractivity contribution in [3.8, 4) is 0 Å². The van der Waals surface area contributed by atoms with Gasteiger partial charge in [-0.1, -0.05) is 64.7 Å². The first kappa shape index (κ1) is 25.0. The van der Waals surface area contributed by atoms with Crippen LogP contribution < -0.4 is 10.6 Å². The lowest BCUT2D eigenvalue weighted by molar-refractivity contribution is 0.193. The molecule has 0 bridgehead atoms. The van der Waals surface area contributed by atoms with Crippen LogP contribution in [0.5, 0.6) is 0 Å². The monoisotopic (exact) mass is 380 g/mol. The summed E-state index contributed by atoms with van der Waals surface area (Å²) in [5.74, 6) is 0. The molecule has 6 nitrogen and oxygen atoms in total. The molecule has 0 saturated heterocycles. The molecule has 2 atom stereocenters. The van der Waals surface area contributed by atoms with Crippen molar-refractivity contribution in [3.63, 3.8) is 0 Å². The minimum Gasteiger partial charge on any atom is -0.315 e. The molecule has 0 heterocycles. The van der Waals surface area contributed by atoms with Crippen molar-refractivity contribution in [2.45, 2.75) is 96.1 Å². The Kier molecular flexibility index (Phi) is 16.2. The maximum atomic E-state index is 10.4. The van der Waals surface area contributed by atoms with E-state index < -0.39 is 7.82 Å². The van der Waals surface area contributed by atoms with Gasteiger partial charge >= 0.3 is 7.82 Å². The Morgan fingerprint density at radius 1 is 0.840 bits per heavy atom. The fourth-order valence-corrected chi connectivity index (χ4v) is 3.33. The minimum atomic E-state index is -4.24. The molecular formula is C18H41N2O4P. The molecule has 0 aromatic rings. The summed E-state index contributed by atoms with van der Waals surface area (Å²) < 4.78 is 14.7. The van der Waals surface area contributed by atoms with E-state index in [2.05, 4.69) is 22.1 Å². The predicted octanol–water partition coefficient (Wildman–Crippen LogP) is 3.97. The van der Waals surface area contributed by atoms with Crippen molar-refractivity contribution in [1.82, 2.24) is 10.6 Å². The number of rotatable bonds is 14. The van der Waals surface area contributed by atoms with E-state index in [1.807, 2.05) is 14.1 Å². The Hall–Kier alpha value is 0.0300. The number of likely N-dealkylation sites (N-methyl/N-ethyl adjacent to an activating group) is 2. The molecule has 0 aromatic heterocycles. The van der Waals surface area contributed by atoms with Crippen LogP contribution in [0, 0.1) is 0 Å². The highest BCUT2D eigenvalue weighted by atomic mass is 31.2. The van der Waals surface area contributed by atoms with Crippen LogP contribution >= 0.6 is 7.82 Å². The van der Waals surface area contributed by atoms with E-state index >= 15 is 0 Å². The molecule has 1 rings (SSSR count). The summed E-state index contributed by atoms with van der Waals surface area (Å²) in [6.45, 7) is 2.39. The lowest BCUT2D eigenvalue weighted by Crippen LogP contribution is -2.52. The SMILES string of the molecule is CCCCCCCCCCCCOP(=O)(O)O.CNC1CCC1NC. The summed E-state index contributed by atoms with van der Waals surface area (Å²) in [6.07, 6.45) is 14.7. The second-order valence-electron chi connectivity index (χ2n) is 6.87. The second-order valence-corrected chi connectivity index (χ2v) is 8.11. The van der Waals surface area contributed by atoms with Gasteiger partial charge in [0.05, 0.1) is 6.61 Å². The van der Waals surface area contributed by atoms with E-state index in [1.165, 1.54) is 57.8 Å². The largest absolute Gasteiger partial charge is 0.469 e. The van der Waals surface area contributed by atoms with E-state index in [0.29, 0.717) is 0 Å². The van der Waals surface area contributed by atoms with Crippen LogP contribution in [0.25, 0.3) is 0 Å². The van der Waals surface area contributed by atoms with Crippen LogP contribution in [0.4, 0.5) is 0 Å². The average molecular weight is 381 g/mol. The lowest BCUT2D eigenvalue weighted by Gasteiger charge is -2.35. The maximum absolute atomic E-state index is 10.4. The average Bonchev–Trinajstić information content (AvgIpc) is 2.52. The maximum Gasteiger partial charge on any atom is 0.469 e. The molecule has 2 unspecified atom stereocenters. The Morgan fingerprint density at radius 3 is 1.56 bits per heavy atom. The molecule has 0 aliphatic heterocycles. The minimum absolute atomic E-state index is 0.167. The van der Waals surface area contributed by atoms with Gasteiger partial charge in [0.2, 0.25) is 0 Å². The molecule has 4 N–H and O–H groups in total. The summed E-state index contributed by atoms with van der Waals surface area (Å²) >= 11 is 0. The molecule has 0 amide bonds. The van der Waals surface area contributed by atoms with Gasteiger partial charge in [-0.15, -0.1) is 0 Å². The lowest BCUT2D eigenvalue weighted by atomic mass is 9.87. The number of hydrogen-bond acceptors (Lipinski definition) is 4. The fourth-order valence-electron chi connectivity index (χ4n) is 2.96. The summed E-state index contributed by atoms with van der Waals surface area (Å²) in [7, 11) is -0.199. The van der Waals surface area contributed by atoms with Gasteiger partial charge in [0, 0.05) is 12.1 Å². The Balaban J connectivity index is 0.000000593. The van der Waals surface area contributed by atoms with Crippen LogP contribution in [0.3, 0.4) is 0 Å². The van der Waals surface area contributed by atoms with E-state index in [-0.39, 0.29) is 6.61 Å². The summed E-state index contributed by atoms with van der Waals surface area (Å²) in [6, 6.07) is 1.47. The van der Waals surface area contributed by atoms with Crippen LogP contribution in [-0.2, 0) is 9.09 Å². The molecule has 1 aliphatic carbocycles. The highest BCUT2D eigenvalue weighted by molar-refractivity contribution is 7.46. The number of nitrogens with one attached hydrogen (secondary N) is 2. The van der Waals surface area contributed by atoms with Gasteiger partial charge in [-0.3, -0.25) is 4.52 Å². The van der Waals surface area contributed by atoms with Crippen molar-refractivity contribution >= 4 is 7.82 Å². The quantitative estimate of drug-likeness (QED) is 0.269. The van der Waals surface area contributed by atoms with Gasteiger partial charge in [-0.2, -0.15) is 0 Å². The van der Waals surface area contributed by atoms with Crippen molar-refractivity contribution in [1.29, 1.82) is 0 Å². The van der Waals surface area contributed by atoms with Gasteiger partial charge in [0.1, 0.15) is 0 Å². The summed E-state index contributed by atoms with van der Waals surface area (Å²) in [5, 5.41) is 6.48. The Morgan fingerprint density at radius 2 is 1.24 bits per heavy atom. The van der Waals surface area contributed by atoms with Crippen molar-refractivity contribution in [2.75, 3.05) is 20.7 Å². The molecule has 0 radical (unpaired) electrons. The number of phosphoric acid groups is 1. The van der Waals surface area contributed by atoms with Crippen LogP contribution in [-0.4, -0.2) is 42.6 Å². The third kappa shape index (κ3) is 16.0. The zero-order chi connectivity index (χ0) is 19.0. The molecule has 25 heavy (non-hydrogen) atoms. The number of hydrogen-bond donors (Lipinski definition) is 4. The second kappa shape index (κ2) is 16.2. The highest BCUT2D eigenvalue weighted by Gasteiger charge is 2.26. The summed E-state index contributed by atoms with van der Waals surface area (Å²) in [4.78, 5) is 16.9. The van der Waals surface area contributed by atoms with E-state index in [0.717, 1.165) is 31.3 Å². The Bertz CT molecular complexity index is 325. The van der Waals surface area contributed by atoms with Gasteiger partial charge in [-0.25, -0.2) is 4.57 Å². The molecule has 7 heteroatoms.